The zero-order chi connectivity index (χ0) is 12.4. The number of benzene rings is 1. The minimum absolute atomic E-state index is 0.103. The fourth-order valence-electron chi connectivity index (χ4n) is 1.96. The molecule has 1 aromatic carbocycles. The number of morpholine rings is 1. The lowest BCUT2D eigenvalue weighted by atomic mass is 10.2. The second-order valence-electron chi connectivity index (χ2n) is 4.17. The highest BCUT2D eigenvalue weighted by atomic mass is 16.5. The molecule has 1 aromatic heterocycles. The molecule has 1 saturated heterocycles. The third-order valence-corrected chi connectivity index (χ3v) is 2.95. The van der Waals surface area contributed by atoms with E-state index in [1.165, 1.54) is 0 Å². The van der Waals surface area contributed by atoms with Crippen molar-refractivity contribution < 1.29 is 9.53 Å². The number of amides is 1. The lowest BCUT2D eigenvalue weighted by Gasteiger charge is -2.26. The van der Waals surface area contributed by atoms with Crippen molar-refractivity contribution in [3.8, 4) is 0 Å². The Kier molecular flexibility index (Phi) is 2.95. The van der Waals surface area contributed by atoms with Crippen LogP contribution < -0.4 is 5.43 Å². The number of rotatable bonds is 2. The van der Waals surface area contributed by atoms with Gasteiger partial charge in [-0.1, -0.05) is 0 Å². The van der Waals surface area contributed by atoms with E-state index in [2.05, 4.69) is 15.4 Å². The third-order valence-electron chi connectivity index (χ3n) is 2.95. The van der Waals surface area contributed by atoms with Gasteiger partial charge < -0.3 is 9.72 Å². The topological polar surface area (TPSA) is 70.2 Å². The molecule has 1 amide bonds. The van der Waals surface area contributed by atoms with E-state index in [0.717, 1.165) is 24.1 Å². The van der Waals surface area contributed by atoms with Gasteiger partial charge in [0.25, 0.3) is 5.91 Å². The molecule has 18 heavy (non-hydrogen) atoms. The van der Waals surface area contributed by atoms with Crippen LogP contribution in [-0.2, 0) is 4.74 Å². The lowest BCUT2D eigenvalue weighted by molar-refractivity contribution is 0.0126. The van der Waals surface area contributed by atoms with Crippen LogP contribution >= 0.6 is 0 Å². The van der Waals surface area contributed by atoms with E-state index in [4.69, 9.17) is 4.74 Å². The first-order chi connectivity index (χ1) is 8.83. The SMILES string of the molecule is O=C(NN1CCOCC1)c1ccc2nc[nH]c2c1. The van der Waals surface area contributed by atoms with Crippen molar-refractivity contribution in [2.45, 2.75) is 0 Å². The predicted octanol–water partition coefficient (Wildman–Crippen LogP) is 0.540. The molecule has 3 rings (SSSR count). The maximum Gasteiger partial charge on any atom is 0.265 e. The second kappa shape index (κ2) is 4.75. The van der Waals surface area contributed by atoms with Crippen molar-refractivity contribution in [1.82, 2.24) is 20.4 Å². The van der Waals surface area contributed by atoms with Gasteiger partial charge in [-0.2, -0.15) is 0 Å². The van der Waals surface area contributed by atoms with Crippen LogP contribution in [-0.4, -0.2) is 47.2 Å². The number of aromatic amines is 1. The van der Waals surface area contributed by atoms with Gasteiger partial charge in [-0.25, -0.2) is 9.99 Å². The summed E-state index contributed by atoms with van der Waals surface area (Å²) in [5.41, 5.74) is 5.22. The molecule has 2 heterocycles. The van der Waals surface area contributed by atoms with Gasteiger partial charge in [0.15, 0.2) is 0 Å². The Morgan fingerprint density at radius 3 is 3.06 bits per heavy atom. The smallest absolute Gasteiger partial charge is 0.265 e. The minimum Gasteiger partial charge on any atom is -0.379 e. The molecule has 1 fully saturated rings. The van der Waals surface area contributed by atoms with E-state index < -0.39 is 0 Å². The minimum atomic E-state index is -0.103. The largest absolute Gasteiger partial charge is 0.379 e. The molecule has 0 spiro atoms. The number of carbonyl (C=O) groups excluding carboxylic acids is 1. The number of hydrogen-bond acceptors (Lipinski definition) is 4. The predicted molar refractivity (Wildman–Crippen MR) is 66.0 cm³/mol. The van der Waals surface area contributed by atoms with Crippen molar-refractivity contribution in [1.29, 1.82) is 0 Å². The van der Waals surface area contributed by atoms with Gasteiger partial charge in [-0.05, 0) is 18.2 Å². The number of nitrogens with zero attached hydrogens (tertiary/aromatic N) is 2. The van der Waals surface area contributed by atoms with Gasteiger partial charge in [0.1, 0.15) is 0 Å². The zero-order valence-electron chi connectivity index (χ0n) is 9.85. The monoisotopic (exact) mass is 246 g/mol. The molecule has 1 aliphatic heterocycles. The summed E-state index contributed by atoms with van der Waals surface area (Å²) in [5, 5.41) is 1.88. The standard InChI is InChI=1S/C12H14N4O2/c17-12(15-16-3-5-18-6-4-16)9-1-2-10-11(7-9)14-8-13-10/h1-2,7-8H,3-6H2,(H,13,14)(H,15,17). The van der Waals surface area contributed by atoms with Crippen molar-refractivity contribution in [3.63, 3.8) is 0 Å². The van der Waals surface area contributed by atoms with Gasteiger partial charge in [-0.15, -0.1) is 0 Å². The number of H-pyrrole nitrogens is 1. The van der Waals surface area contributed by atoms with Crippen molar-refractivity contribution in [3.05, 3.63) is 30.1 Å². The number of carbonyl (C=O) groups is 1. The Balaban J connectivity index is 1.74. The number of fused-ring (bicyclic) bond motifs is 1. The van der Waals surface area contributed by atoms with E-state index in [1.807, 2.05) is 11.1 Å². The van der Waals surface area contributed by atoms with Gasteiger partial charge >= 0.3 is 0 Å². The van der Waals surface area contributed by atoms with E-state index in [-0.39, 0.29) is 5.91 Å². The number of hydrogen-bond donors (Lipinski definition) is 2. The molecule has 2 aromatic rings. The number of imidazole rings is 1. The molecule has 0 unspecified atom stereocenters. The Morgan fingerprint density at radius 2 is 2.22 bits per heavy atom. The van der Waals surface area contributed by atoms with Crippen molar-refractivity contribution >= 4 is 16.9 Å². The van der Waals surface area contributed by atoms with Crippen LogP contribution in [0.2, 0.25) is 0 Å². The Hall–Kier alpha value is -1.92. The van der Waals surface area contributed by atoms with E-state index >= 15 is 0 Å². The van der Waals surface area contributed by atoms with Crippen LogP contribution in [0.3, 0.4) is 0 Å². The molecule has 0 bridgehead atoms. The van der Waals surface area contributed by atoms with Gasteiger partial charge in [0.2, 0.25) is 0 Å². The van der Waals surface area contributed by atoms with E-state index in [9.17, 15) is 4.79 Å². The first kappa shape index (κ1) is 11.2. The van der Waals surface area contributed by atoms with E-state index in [1.54, 1.807) is 18.5 Å². The Bertz CT molecular complexity index is 560. The molecule has 6 heteroatoms. The first-order valence-electron chi connectivity index (χ1n) is 5.90. The summed E-state index contributed by atoms with van der Waals surface area (Å²) >= 11 is 0. The van der Waals surface area contributed by atoms with Gasteiger partial charge in [0, 0.05) is 18.7 Å². The van der Waals surface area contributed by atoms with Crippen LogP contribution in [0.1, 0.15) is 10.4 Å². The first-order valence-corrected chi connectivity index (χ1v) is 5.90. The molecule has 2 N–H and O–H groups in total. The maximum absolute atomic E-state index is 12.1. The number of nitrogens with one attached hydrogen (secondary N) is 2. The highest BCUT2D eigenvalue weighted by Gasteiger charge is 2.14. The van der Waals surface area contributed by atoms with Crippen molar-refractivity contribution in [2.75, 3.05) is 26.3 Å². The van der Waals surface area contributed by atoms with Crippen LogP contribution in [0.15, 0.2) is 24.5 Å². The zero-order valence-corrected chi connectivity index (χ0v) is 9.85. The van der Waals surface area contributed by atoms with Crippen LogP contribution in [0.4, 0.5) is 0 Å². The summed E-state index contributed by atoms with van der Waals surface area (Å²) < 4.78 is 5.23. The fraction of sp³-hybridized carbons (Fsp3) is 0.333. The Morgan fingerprint density at radius 1 is 1.39 bits per heavy atom. The lowest BCUT2D eigenvalue weighted by Crippen LogP contribution is -2.48. The number of hydrazine groups is 1. The molecule has 0 radical (unpaired) electrons. The van der Waals surface area contributed by atoms with Crippen LogP contribution in [0.25, 0.3) is 11.0 Å². The summed E-state index contributed by atoms with van der Waals surface area (Å²) in [7, 11) is 0. The summed E-state index contributed by atoms with van der Waals surface area (Å²) in [5.74, 6) is -0.103. The normalized spacial score (nSPS) is 16.9. The summed E-state index contributed by atoms with van der Waals surface area (Å²) in [4.78, 5) is 19.2. The van der Waals surface area contributed by atoms with Crippen LogP contribution in [0.5, 0.6) is 0 Å². The quantitative estimate of drug-likeness (QED) is 0.811. The van der Waals surface area contributed by atoms with Crippen LogP contribution in [0, 0.1) is 0 Å². The molecular weight excluding hydrogens is 232 g/mol. The van der Waals surface area contributed by atoms with Gasteiger partial charge in [-0.3, -0.25) is 10.2 Å². The number of aromatic nitrogens is 2. The molecule has 1 aliphatic rings. The highest BCUT2D eigenvalue weighted by Crippen LogP contribution is 2.11. The maximum atomic E-state index is 12.1. The molecule has 0 saturated carbocycles. The summed E-state index contributed by atoms with van der Waals surface area (Å²) in [6, 6.07) is 5.41. The highest BCUT2D eigenvalue weighted by molar-refractivity contribution is 5.96. The average molecular weight is 246 g/mol. The second-order valence-corrected chi connectivity index (χ2v) is 4.17. The molecule has 0 aliphatic carbocycles. The van der Waals surface area contributed by atoms with Gasteiger partial charge in [0.05, 0.1) is 30.6 Å². The van der Waals surface area contributed by atoms with Crippen molar-refractivity contribution in [2.24, 2.45) is 0 Å². The molecular formula is C12H14N4O2. The third kappa shape index (κ3) is 2.20. The fourth-order valence-corrected chi connectivity index (χ4v) is 1.96. The Labute approximate surface area is 104 Å². The summed E-state index contributed by atoms with van der Waals surface area (Å²) in [6.07, 6.45) is 1.62. The van der Waals surface area contributed by atoms with E-state index in [0.29, 0.717) is 18.8 Å². The summed E-state index contributed by atoms with van der Waals surface area (Å²) in [6.45, 7) is 2.75. The average Bonchev–Trinajstić information content (AvgIpc) is 2.87. The molecule has 94 valence electrons. The number of ether oxygens (including phenoxy) is 1. The molecule has 6 nitrogen and oxygen atoms in total. The molecule has 0 atom stereocenters.